The topological polar surface area (TPSA) is 38.3 Å². The summed E-state index contributed by atoms with van der Waals surface area (Å²) in [7, 11) is 0. The minimum Gasteiger partial charge on any atom is -0.464 e. The van der Waals surface area contributed by atoms with Crippen molar-refractivity contribution in [1.82, 2.24) is 5.32 Å². The van der Waals surface area contributed by atoms with Gasteiger partial charge in [-0.25, -0.2) is 0 Å². The molecule has 0 unspecified atom stereocenters. The lowest BCUT2D eigenvalue weighted by molar-refractivity contribution is -0.143. The van der Waals surface area contributed by atoms with Crippen molar-refractivity contribution in [2.45, 2.75) is 33.6 Å². The number of carbonyl (C=O) groups is 1. The van der Waals surface area contributed by atoms with Gasteiger partial charge in [-0.15, -0.1) is 0 Å². The molecule has 0 aromatic heterocycles. The molecule has 0 atom stereocenters. The van der Waals surface area contributed by atoms with Crippen LogP contribution in [-0.2, 0) is 9.53 Å². The molecule has 13 heavy (non-hydrogen) atoms. The van der Waals surface area contributed by atoms with E-state index in [4.69, 9.17) is 4.74 Å². The Morgan fingerprint density at radius 3 is 2.69 bits per heavy atom. The average Bonchev–Trinajstić information content (AvgIpc) is 2.09. The number of ether oxygens (including phenoxy) is 1. The first-order valence-electron chi connectivity index (χ1n) is 5.03. The van der Waals surface area contributed by atoms with Gasteiger partial charge in [0.25, 0.3) is 0 Å². The second-order valence-electron chi connectivity index (χ2n) is 3.61. The lowest BCUT2D eigenvalue weighted by Gasteiger charge is -2.07. The molecule has 0 saturated heterocycles. The first kappa shape index (κ1) is 12.4. The van der Waals surface area contributed by atoms with E-state index in [0.29, 0.717) is 19.1 Å². The van der Waals surface area contributed by atoms with Crippen LogP contribution in [0.15, 0.2) is 0 Å². The van der Waals surface area contributed by atoms with Gasteiger partial charge in [0.1, 0.15) is 0 Å². The molecule has 0 aliphatic carbocycles. The van der Waals surface area contributed by atoms with Crippen molar-refractivity contribution in [3.63, 3.8) is 0 Å². The minimum atomic E-state index is -0.148. The minimum absolute atomic E-state index is 0.148. The highest BCUT2D eigenvalue weighted by atomic mass is 16.5. The summed E-state index contributed by atoms with van der Waals surface area (Å²) < 4.78 is 4.98. The smallest absolute Gasteiger partial charge is 0.319 e. The van der Waals surface area contributed by atoms with E-state index < -0.39 is 0 Å². The van der Waals surface area contributed by atoms with E-state index in [-0.39, 0.29) is 5.97 Å². The maximum atomic E-state index is 11.0. The molecular formula is C10H21NO2. The van der Waals surface area contributed by atoms with Crippen LogP contribution < -0.4 is 5.32 Å². The first-order valence-corrected chi connectivity index (χ1v) is 5.03. The van der Waals surface area contributed by atoms with Crippen LogP contribution in [0.2, 0.25) is 0 Å². The predicted octanol–water partition coefficient (Wildman–Crippen LogP) is 1.58. The van der Waals surface area contributed by atoms with Crippen molar-refractivity contribution in [2.24, 2.45) is 5.92 Å². The van der Waals surface area contributed by atoms with Gasteiger partial charge < -0.3 is 10.1 Å². The molecule has 0 aliphatic heterocycles. The summed E-state index contributed by atoms with van der Waals surface area (Å²) >= 11 is 0. The molecule has 0 heterocycles. The van der Waals surface area contributed by atoms with Crippen molar-refractivity contribution in [3.8, 4) is 0 Å². The number of unbranched alkanes of at least 4 members (excludes halogenated alkanes) is 1. The normalized spacial score (nSPS) is 10.5. The zero-order valence-corrected chi connectivity index (χ0v) is 8.93. The van der Waals surface area contributed by atoms with Gasteiger partial charge in [-0.05, 0) is 18.9 Å². The van der Waals surface area contributed by atoms with E-state index in [1.807, 2.05) is 13.8 Å². The SMILES string of the molecule is CCCCNCC(=O)OCC(C)C. The van der Waals surface area contributed by atoms with Gasteiger partial charge >= 0.3 is 5.97 Å². The number of hydrogen-bond donors (Lipinski definition) is 1. The molecule has 3 nitrogen and oxygen atoms in total. The number of rotatable bonds is 7. The molecule has 0 aromatic carbocycles. The molecule has 1 N–H and O–H groups in total. The van der Waals surface area contributed by atoms with E-state index >= 15 is 0 Å². The quantitative estimate of drug-likeness (QED) is 0.485. The van der Waals surface area contributed by atoms with Crippen molar-refractivity contribution >= 4 is 5.97 Å². The fraction of sp³-hybridized carbons (Fsp3) is 0.900. The Morgan fingerprint density at radius 2 is 2.15 bits per heavy atom. The van der Waals surface area contributed by atoms with Gasteiger partial charge in [0.2, 0.25) is 0 Å². The highest BCUT2D eigenvalue weighted by Crippen LogP contribution is 1.92. The summed E-state index contributed by atoms with van der Waals surface area (Å²) in [6.07, 6.45) is 2.26. The lowest BCUT2D eigenvalue weighted by atomic mass is 10.2. The fourth-order valence-electron chi connectivity index (χ4n) is 0.803. The molecular weight excluding hydrogens is 166 g/mol. The Bertz CT molecular complexity index is 135. The number of esters is 1. The van der Waals surface area contributed by atoms with Crippen LogP contribution in [-0.4, -0.2) is 25.7 Å². The zero-order chi connectivity index (χ0) is 10.1. The van der Waals surface area contributed by atoms with Crippen LogP contribution in [0.3, 0.4) is 0 Å². The molecule has 0 saturated carbocycles. The third kappa shape index (κ3) is 9.34. The average molecular weight is 187 g/mol. The Labute approximate surface area is 80.8 Å². The summed E-state index contributed by atoms with van der Waals surface area (Å²) in [6, 6.07) is 0. The predicted molar refractivity (Wildman–Crippen MR) is 53.6 cm³/mol. The molecule has 0 aliphatic rings. The van der Waals surface area contributed by atoms with E-state index in [9.17, 15) is 4.79 Å². The Balaban J connectivity index is 3.20. The van der Waals surface area contributed by atoms with Crippen LogP contribution in [0.5, 0.6) is 0 Å². The maximum Gasteiger partial charge on any atom is 0.319 e. The molecule has 0 bridgehead atoms. The van der Waals surface area contributed by atoms with Crippen molar-refractivity contribution in [3.05, 3.63) is 0 Å². The monoisotopic (exact) mass is 187 g/mol. The van der Waals surface area contributed by atoms with E-state index in [2.05, 4.69) is 12.2 Å². The van der Waals surface area contributed by atoms with Crippen LogP contribution in [0, 0.1) is 5.92 Å². The van der Waals surface area contributed by atoms with Gasteiger partial charge in [0.05, 0.1) is 13.2 Å². The van der Waals surface area contributed by atoms with E-state index in [0.717, 1.165) is 19.4 Å². The molecule has 0 radical (unpaired) electrons. The summed E-state index contributed by atoms with van der Waals surface area (Å²) in [4.78, 5) is 11.0. The summed E-state index contributed by atoms with van der Waals surface area (Å²) in [5, 5.41) is 3.04. The highest BCUT2D eigenvalue weighted by molar-refractivity contribution is 5.71. The summed E-state index contributed by atoms with van der Waals surface area (Å²) in [5.41, 5.74) is 0. The van der Waals surface area contributed by atoms with Gasteiger partial charge in [-0.2, -0.15) is 0 Å². The highest BCUT2D eigenvalue weighted by Gasteiger charge is 2.02. The van der Waals surface area contributed by atoms with Gasteiger partial charge in [0, 0.05) is 0 Å². The second-order valence-corrected chi connectivity index (χ2v) is 3.61. The third-order valence-corrected chi connectivity index (χ3v) is 1.55. The molecule has 0 aromatic rings. The Kier molecular flexibility index (Phi) is 7.69. The van der Waals surface area contributed by atoms with E-state index in [1.54, 1.807) is 0 Å². The van der Waals surface area contributed by atoms with Crippen LogP contribution in [0.4, 0.5) is 0 Å². The van der Waals surface area contributed by atoms with Gasteiger partial charge in [-0.3, -0.25) is 4.79 Å². The van der Waals surface area contributed by atoms with Crippen LogP contribution in [0.1, 0.15) is 33.6 Å². The van der Waals surface area contributed by atoms with Gasteiger partial charge in [-0.1, -0.05) is 27.2 Å². The molecule has 0 amide bonds. The molecule has 78 valence electrons. The third-order valence-electron chi connectivity index (χ3n) is 1.55. The van der Waals surface area contributed by atoms with Crippen molar-refractivity contribution in [1.29, 1.82) is 0 Å². The van der Waals surface area contributed by atoms with Crippen LogP contribution >= 0.6 is 0 Å². The van der Waals surface area contributed by atoms with E-state index in [1.165, 1.54) is 0 Å². The molecule has 0 rings (SSSR count). The summed E-state index contributed by atoms with van der Waals surface area (Å²) in [5.74, 6) is 0.268. The Morgan fingerprint density at radius 1 is 1.46 bits per heavy atom. The van der Waals surface area contributed by atoms with Crippen molar-refractivity contribution < 1.29 is 9.53 Å². The summed E-state index contributed by atoms with van der Waals surface area (Å²) in [6.45, 7) is 7.93. The molecule has 0 spiro atoms. The van der Waals surface area contributed by atoms with Gasteiger partial charge in [0.15, 0.2) is 0 Å². The second kappa shape index (κ2) is 8.05. The first-order chi connectivity index (χ1) is 6.16. The standard InChI is InChI=1S/C10H21NO2/c1-4-5-6-11-7-10(12)13-8-9(2)3/h9,11H,4-8H2,1-3H3. The number of hydrogen-bond acceptors (Lipinski definition) is 3. The van der Waals surface area contributed by atoms with Crippen molar-refractivity contribution in [2.75, 3.05) is 19.7 Å². The number of nitrogens with one attached hydrogen (secondary N) is 1. The maximum absolute atomic E-state index is 11.0. The lowest BCUT2D eigenvalue weighted by Crippen LogP contribution is -2.26. The number of carbonyl (C=O) groups excluding carboxylic acids is 1. The largest absolute Gasteiger partial charge is 0.464 e. The Hall–Kier alpha value is -0.570. The fourth-order valence-corrected chi connectivity index (χ4v) is 0.803. The molecule has 0 fully saturated rings. The zero-order valence-electron chi connectivity index (χ0n) is 8.93. The molecule has 3 heteroatoms. The van der Waals surface area contributed by atoms with Crippen LogP contribution in [0.25, 0.3) is 0 Å².